The minimum Gasteiger partial charge on any atom is -0.317 e. The van der Waals surface area contributed by atoms with Gasteiger partial charge in [-0.25, -0.2) is 0 Å². The highest BCUT2D eigenvalue weighted by Gasteiger charge is 2.30. The molecule has 0 aliphatic heterocycles. The molecule has 0 bridgehead atoms. The summed E-state index contributed by atoms with van der Waals surface area (Å²) in [6, 6.07) is 5.43. The van der Waals surface area contributed by atoms with E-state index in [2.05, 4.69) is 5.32 Å². The van der Waals surface area contributed by atoms with Gasteiger partial charge in [0.1, 0.15) is 0 Å². The Kier molecular flexibility index (Phi) is 5.41. The maximum atomic E-state index is 12.6. The van der Waals surface area contributed by atoms with E-state index in [0.29, 0.717) is 5.56 Å². The second kappa shape index (κ2) is 6.59. The fraction of sp³-hybridized carbons (Fsp3) is 0.429. The molecule has 0 atom stereocenters. The molecule has 0 saturated carbocycles. The molecular weight excluding hydrogens is 239 g/mol. The van der Waals surface area contributed by atoms with Gasteiger partial charge >= 0.3 is 6.18 Å². The van der Waals surface area contributed by atoms with E-state index in [9.17, 15) is 13.2 Å². The first kappa shape index (κ1) is 14.8. The number of allylic oxidation sites excluding steroid dienone is 1. The Bertz CT molecular complexity index is 408. The fourth-order valence-corrected chi connectivity index (χ4v) is 1.63. The molecule has 100 valence electrons. The molecule has 1 rings (SSSR count). The first-order valence-corrected chi connectivity index (χ1v) is 6.00. The van der Waals surface area contributed by atoms with Crippen LogP contribution in [0.4, 0.5) is 13.2 Å². The molecule has 1 nitrogen and oxygen atoms in total. The van der Waals surface area contributed by atoms with Crippen molar-refractivity contribution in [2.45, 2.75) is 26.4 Å². The van der Waals surface area contributed by atoms with Crippen LogP contribution in [-0.2, 0) is 6.18 Å². The molecular formula is C14H18F3N. The molecule has 0 radical (unpaired) electrons. The van der Waals surface area contributed by atoms with Crippen molar-refractivity contribution in [1.82, 2.24) is 5.32 Å². The zero-order valence-electron chi connectivity index (χ0n) is 10.6. The molecule has 0 heterocycles. The molecule has 18 heavy (non-hydrogen) atoms. The van der Waals surface area contributed by atoms with Gasteiger partial charge < -0.3 is 5.32 Å². The minimum absolute atomic E-state index is 0.598. The Morgan fingerprint density at radius 2 is 2.06 bits per heavy atom. The number of benzene rings is 1. The van der Waals surface area contributed by atoms with Crippen molar-refractivity contribution in [2.24, 2.45) is 0 Å². The van der Waals surface area contributed by atoms with Crippen molar-refractivity contribution in [3.05, 3.63) is 41.5 Å². The second-order valence-electron chi connectivity index (χ2n) is 4.11. The summed E-state index contributed by atoms with van der Waals surface area (Å²) in [6.07, 6.45) is -1.51. The zero-order chi connectivity index (χ0) is 13.6. The van der Waals surface area contributed by atoms with Crippen LogP contribution in [0.5, 0.6) is 0 Å². The van der Waals surface area contributed by atoms with Crippen LogP contribution >= 0.6 is 0 Å². The van der Waals surface area contributed by atoms with Crippen LogP contribution in [0, 0.1) is 0 Å². The number of hydrogen-bond donors (Lipinski definition) is 1. The molecule has 0 fully saturated rings. The Morgan fingerprint density at radius 1 is 1.33 bits per heavy atom. The molecule has 0 aliphatic rings. The van der Waals surface area contributed by atoms with Crippen molar-refractivity contribution in [2.75, 3.05) is 13.1 Å². The van der Waals surface area contributed by atoms with E-state index >= 15 is 0 Å². The van der Waals surface area contributed by atoms with E-state index in [1.807, 2.05) is 19.9 Å². The normalized spacial score (nSPS) is 12.8. The summed E-state index contributed by atoms with van der Waals surface area (Å²) >= 11 is 0. The van der Waals surface area contributed by atoms with Crippen LogP contribution in [0.3, 0.4) is 0 Å². The molecule has 0 aliphatic carbocycles. The number of hydrogen-bond acceptors (Lipinski definition) is 1. The third-order valence-corrected chi connectivity index (χ3v) is 2.67. The Morgan fingerprint density at radius 3 is 2.67 bits per heavy atom. The van der Waals surface area contributed by atoms with Crippen LogP contribution < -0.4 is 5.32 Å². The van der Waals surface area contributed by atoms with Crippen molar-refractivity contribution in [3.8, 4) is 0 Å². The largest absolute Gasteiger partial charge is 0.416 e. The Labute approximate surface area is 106 Å². The maximum Gasteiger partial charge on any atom is 0.416 e. The molecule has 1 N–H and O–H groups in total. The predicted molar refractivity (Wildman–Crippen MR) is 68.3 cm³/mol. The van der Waals surface area contributed by atoms with Crippen LogP contribution in [0.25, 0.3) is 5.57 Å². The summed E-state index contributed by atoms with van der Waals surface area (Å²) in [7, 11) is 0. The summed E-state index contributed by atoms with van der Waals surface area (Å²) in [4.78, 5) is 0. The molecule has 1 aromatic rings. The highest BCUT2D eigenvalue weighted by Crippen LogP contribution is 2.30. The number of alkyl halides is 3. The lowest BCUT2D eigenvalue weighted by atomic mass is 10.0. The van der Waals surface area contributed by atoms with Crippen LogP contribution in [0.15, 0.2) is 30.3 Å². The van der Waals surface area contributed by atoms with Crippen molar-refractivity contribution < 1.29 is 13.2 Å². The smallest absolute Gasteiger partial charge is 0.317 e. The lowest BCUT2D eigenvalue weighted by Gasteiger charge is -2.09. The second-order valence-corrected chi connectivity index (χ2v) is 4.11. The fourth-order valence-electron chi connectivity index (χ4n) is 1.63. The minimum atomic E-state index is -4.28. The van der Waals surface area contributed by atoms with Gasteiger partial charge in [-0.05, 0) is 49.7 Å². The summed E-state index contributed by atoms with van der Waals surface area (Å²) in [5, 5.41) is 3.17. The Balaban J connectivity index is 2.77. The van der Waals surface area contributed by atoms with E-state index in [1.165, 1.54) is 12.1 Å². The van der Waals surface area contributed by atoms with Gasteiger partial charge in [0.25, 0.3) is 0 Å². The monoisotopic (exact) mass is 257 g/mol. The highest BCUT2D eigenvalue weighted by molar-refractivity contribution is 5.64. The van der Waals surface area contributed by atoms with Gasteiger partial charge in [-0.2, -0.15) is 13.2 Å². The van der Waals surface area contributed by atoms with Gasteiger partial charge in [0.05, 0.1) is 5.56 Å². The lowest BCUT2D eigenvalue weighted by molar-refractivity contribution is -0.137. The van der Waals surface area contributed by atoms with E-state index in [1.54, 1.807) is 6.07 Å². The topological polar surface area (TPSA) is 12.0 Å². The third-order valence-electron chi connectivity index (χ3n) is 2.67. The predicted octanol–water partition coefficient (Wildman–Crippen LogP) is 4.11. The number of halogens is 3. The van der Waals surface area contributed by atoms with Gasteiger partial charge in [-0.1, -0.05) is 25.1 Å². The van der Waals surface area contributed by atoms with Crippen LogP contribution in [-0.4, -0.2) is 13.1 Å². The van der Waals surface area contributed by atoms with Crippen LogP contribution in [0.2, 0.25) is 0 Å². The highest BCUT2D eigenvalue weighted by atomic mass is 19.4. The van der Waals surface area contributed by atoms with Crippen LogP contribution in [0.1, 0.15) is 31.4 Å². The van der Waals surface area contributed by atoms with E-state index in [0.717, 1.165) is 31.1 Å². The summed E-state index contributed by atoms with van der Waals surface area (Å²) in [6.45, 7) is 5.59. The number of nitrogens with one attached hydrogen (secondary N) is 1. The molecule has 0 unspecified atom stereocenters. The summed E-state index contributed by atoms with van der Waals surface area (Å²) in [5.74, 6) is 0. The first-order valence-electron chi connectivity index (χ1n) is 6.00. The van der Waals surface area contributed by atoms with E-state index in [-0.39, 0.29) is 0 Å². The molecule has 0 spiro atoms. The van der Waals surface area contributed by atoms with Crippen molar-refractivity contribution >= 4 is 5.57 Å². The van der Waals surface area contributed by atoms with Gasteiger partial charge in [0.15, 0.2) is 0 Å². The lowest BCUT2D eigenvalue weighted by Crippen LogP contribution is -2.13. The average Bonchev–Trinajstić information content (AvgIpc) is 2.33. The van der Waals surface area contributed by atoms with E-state index < -0.39 is 11.7 Å². The average molecular weight is 257 g/mol. The van der Waals surface area contributed by atoms with Crippen molar-refractivity contribution in [3.63, 3.8) is 0 Å². The van der Waals surface area contributed by atoms with Gasteiger partial charge in [-0.3, -0.25) is 0 Å². The summed E-state index contributed by atoms with van der Waals surface area (Å²) in [5.41, 5.74) is 0.903. The standard InChI is InChI=1S/C14H18F3N/c1-3-18-9-5-6-11(2)12-7-4-8-13(10-12)14(15,16)17/h4,6-8,10,18H,3,5,9H2,1-2H3. The molecule has 0 aromatic heterocycles. The molecule has 0 saturated heterocycles. The zero-order valence-corrected chi connectivity index (χ0v) is 10.6. The van der Waals surface area contributed by atoms with Crippen molar-refractivity contribution in [1.29, 1.82) is 0 Å². The van der Waals surface area contributed by atoms with Gasteiger partial charge in [0, 0.05) is 0 Å². The summed E-state index contributed by atoms with van der Waals surface area (Å²) < 4.78 is 37.7. The molecule has 4 heteroatoms. The SMILES string of the molecule is CCNCCC=C(C)c1cccc(C(F)(F)F)c1. The molecule has 0 amide bonds. The molecule has 1 aromatic carbocycles. The Hall–Kier alpha value is -1.29. The van der Waals surface area contributed by atoms with Gasteiger partial charge in [0.2, 0.25) is 0 Å². The quantitative estimate of drug-likeness (QED) is 0.783. The van der Waals surface area contributed by atoms with E-state index in [4.69, 9.17) is 0 Å². The van der Waals surface area contributed by atoms with Gasteiger partial charge in [-0.15, -0.1) is 0 Å². The maximum absolute atomic E-state index is 12.6. The number of rotatable bonds is 5. The first-order chi connectivity index (χ1) is 8.45. The third kappa shape index (κ3) is 4.53.